The van der Waals surface area contributed by atoms with Gasteiger partial charge in [-0.1, -0.05) is 49.0 Å². The van der Waals surface area contributed by atoms with Crippen molar-refractivity contribution in [3.63, 3.8) is 0 Å². The number of nitriles is 1. The van der Waals surface area contributed by atoms with Crippen LogP contribution in [0.3, 0.4) is 0 Å². The summed E-state index contributed by atoms with van der Waals surface area (Å²) in [5.41, 5.74) is 7.75. The molecule has 1 aliphatic heterocycles. The molecule has 0 aliphatic carbocycles. The van der Waals surface area contributed by atoms with Gasteiger partial charge in [0.25, 0.3) is 0 Å². The standard InChI is InChI=1S/C23H22N6OS/c1-4-17-18(14-24)23(31-20(21(25)30)15-8-6-5-7-9-15)28-22(19(17)27-3)29-12-10-16(26-2)11-13-29/h5-9,16,20H,4,10-13H2,1H3,(H2,25,30). The van der Waals surface area contributed by atoms with Gasteiger partial charge in [-0.3, -0.25) is 4.79 Å². The maximum Gasteiger partial charge on any atom is 0.235 e. The van der Waals surface area contributed by atoms with Crippen molar-refractivity contribution in [2.45, 2.75) is 42.5 Å². The zero-order valence-corrected chi connectivity index (χ0v) is 18.0. The van der Waals surface area contributed by atoms with Gasteiger partial charge in [0, 0.05) is 25.9 Å². The molecule has 1 fully saturated rings. The first-order chi connectivity index (χ1) is 15.0. The van der Waals surface area contributed by atoms with Crippen molar-refractivity contribution in [1.82, 2.24) is 4.98 Å². The van der Waals surface area contributed by atoms with Crippen LogP contribution in [0.15, 0.2) is 35.4 Å². The van der Waals surface area contributed by atoms with Crippen molar-refractivity contribution in [2.24, 2.45) is 5.73 Å². The molecule has 1 saturated heterocycles. The highest BCUT2D eigenvalue weighted by Crippen LogP contribution is 2.43. The molecule has 31 heavy (non-hydrogen) atoms. The highest BCUT2D eigenvalue weighted by Gasteiger charge is 2.30. The van der Waals surface area contributed by atoms with Gasteiger partial charge in [-0.25, -0.2) is 16.4 Å². The maximum atomic E-state index is 12.2. The van der Waals surface area contributed by atoms with Crippen molar-refractivity contribution < 1.29 is 4.79 Å². The normalized spacial score (nSPS) is 14.8. The second-order valence-electron chi connectivity index (χ2n) is 7.18. The van der Waals surface area contributed by atoms with Crippen molar-refractivity contribution in [3.8, 4) is 6.07 Å². The number of carbonyl (C=O) groups excluding carboxylic acids is 1. The summed E-state index contributed by atoms with van der Waals surface area (Å²) >= 11 is 1.15. The van der Waals surface area contributed by atoms with Crippen LogP contribution in [0.4, 0.5) is 11.5 Å². The number of primary amides is 1. The Morgan fingerprint density at radius 2 is 2.03 bits per heavy atom. The molecule has 1 aromatic heterocycles. The number of hydrogen-bond donors (Lipinski definition) is 1. The Morgan fingerprint density at radius 3 is 2.55 bits per heavy atom. The Balaban J connectivity index is 2.09. The van der Waals surface area contributed by atoms with E-state index in [4.69, 9.17) is 23.9 Å². The Bertz CT molecular complexity index is 1090. The third-order valence-corrected chi connectivity index (χ3v) is 6.59. The minimum atomic E-state index is -0.704. The molecule has 0 radical (unpaired) electrons. The summed E-state index contributed by atoms with van der Waals surface area (Å²) in [6, 6.07) is 11.3. The molecule has 1 aromatic carbocycles. The van der Waals surface area contributed by atoms with Crippen LogP contribution < -0.4 is 10.6 Å². The molecule has 1 amide bonds. The van der Waals surface area contributed by atoms with E-state index in [0.29, 0.717) is 60.0 Å². The maximum absolute atomic E-state index is 12.2. The molecule has 7 nitrogen and oxygen atoms in total. The molecule has 1 atom stereocenters. The van der Waals surface area contributed by atoms with E-state index < -0.39 is 11.2 Å². The van der Waals surface area contributed by atoms with Crippen LogP contribution in [0.5, 0.6) is 0 Å². The number of nitrogens with two attached hydrogens (primary N) is 1. The van der Waals surface area contributed by atoms with Crippen LogP contribution in [0.25, 0.3) is 9.69 Å². The Morgan fingerprint density at radius 1 is 1.35 bits per heavy atom. The van der Waals surface area contributed by atoms with Gasteiger partial charge in [-0.2, -0.15) is 5.26 Å². The predicted octanol–water partition coefficient (Wildman–Crippen LogP) is 4.27. The smallest absolute Gasteiger partial charge is 0.235 e. The fourth-order valence-corrected chi connectivity index (χ4v) is 4.77. The number of thioether (sulfide) groups is 1. The van der Waals surface area contributed by atoms with E-state index in [9.17, 15) is 10.1 Å². The number of piperidine rings is 1. The highest BCUT2D eigenvalue weighted by molar-refractivity contribution is 8.00. The van der Waals surface area contributed by atoms with E-state index in [1.54, 1.807) is 0 Å². The van der Waals surface area contributed by atoms with Crippen LogP contribution in [-0.2, 0) is 11.2 Å². The first kappa shape index (κ1) is 22.2. The monoisotopic (exact) mass is 430 g/mol. The van der Waals surface area contributed by atoms with Crippen molar-refractivity contribution in [1.29, 1.82) is 5.26 Å². The lowest BCUT2D eigenvalue weighted by atomic mass is 10.0. The van der Waals surface area contributed by atoms with Gasteiger partial charge >= 0.3 is 0 Å². The van der Waals surface area contributed by atoms with E-state index >= 15 is 0 Å². The van der Waals surface area contributed by atoms with Crippen molar-refractivity contribution in [2.75, 3.05) is 18.0 Å². The summed E-state index contributed by atoms with van der Waals surface area (Å²) in [5, 5.41) is 9.57. The van der Waals surface area contributed by atoms with Gasteiger partial charge in [-0.05, 0) is 17.5 Å². The second-order valence-corrected chi connectivity index (χ2v) is 8.27. The SMILES string of the molecule is [C-]#[N+]c1c(N2CCC([N+]#[C-])CC2)nc(SC(C(N)=O)c2ccccc2)c(C#N)c1CC. The molecule has 1 unspecified atom stereocenters. The van der Waals surface area contributed by atoms with Crippen LogP contribution >= 0.6 is 11.8 Å². The molecule has 2 aromatic rings. The summed E-state index contributed by atoms with van der Waals surface area (Å²) in [4.78, 5) is 26.3. The lowest BCUT2D eigenvalue weighted by molar-refractivity contribution is -0.117. The molecule has 8 heteroatoms. The molecule has 0 saturated carbocycles. The topological polar surface area (TPSA) is 91.7 Å². The molecule has 2 heterocycles. The fraction of sp³-hybridized carbons (Fsp3) is 0.348. The largest absolute Gasteiger partial charge is 0.368 e. The Labute approximate surface area is 186 Å². The number of nitrogens with zero attached hydrogens (tertiary/aromatic N) is 5. The Kier molecular flexibility index (Phi) is 7.13. The summed E-state index contributed by atoms with van der Waals surface area (Å²) in [7, 11) is 0. The van der Waals surface area contributed by atoms with E-state index in [0.717, 1.165) is 17.3 Å². The fourth-order valence-electron chi connectivity index (χ4n) is 3.71. The third-order valence-electron chi connectivity index (χ3n) is 5.33. The van der Waals surface area contributed by atoms with Gasteiger partial charge < -0.3 is 15.5 Å². The lowest BCUT2D eigenvalue weighted by Crippen LogP contribution is -2.35. The van der Waals surface area contributed by atoms with Gasteiger partial charge in [0.05, 0.1) is 12.1 Å². The van der Waals surface area contributed by atoms with Gasteiger partial charge in [-0.15, -0.1) is 0 Å². The second kappa shape index (κ2) is 9.98. The van der Waals surface area contributed by atoms with Gasteiger partial charge in [0.2, 0.25) is 17.6 Å². The number of hydrogen-bond acceptors (Lipinski definition) is 5. The first-order valence-electron chi connectivity index (χ1n) is 10.0. The number of anilines is 1. The Hall–Kier alpha value is -3.54. The predicted molar refractivity (Wildman–Crippen MR) is 121 cm³/mol. The summed E-state index contributed by atoms with van der Waals surface area (Å²) in [6.07, 6.45) is 1.91. The van der Waals surface area contributed by atoms with E-state index in [-0.39, 0.29) is 6.04 Å². The molecule has 0 bridgehead atoms. The third kappa shape index (κ3) is 4.63. The first-order valence-corrected chi connectivity index (χ1v) is 10.9. The van der Waals surface area contributed by atoms with Crippen molar-refractivity contribution in [3.05, 3.63) is 69.9 Å². The van der Waals surface area contributed by atoms with E-state index in [2.05, 4.69) is 15.8 Å². The molecule has 0 spiro atoms. The lowest BCUT2D eigenvalue weighted by Gasteiger charge is -2.30. The molecule has 2 N–H and O–H groups in total. The number of carbonyl (C=O) groups is 1. The number of aromatic nitrogens is 1. The van der Waals surface area contributed by atoms with Crippen LogP contribution in [0.1, 0.15) is 41.7 Å². The van der Waals surface area contributed by atoms with Crippen LogP contribution in [0, 0.1) is 24.5 Å². The average Bonchev–Trinajstić information content (AvgIpc) is 2.81. The molecular weight excluding hydrogens is 408 g/mol. The quantitative estimate of drug-likeness (QED) is 0.546. The minimum Gasteiger partial charge on any atom is -0.368 e. The molecule has 3 rings (SSSR count). The van der Waals surface area contributed by atoms with Crippen LogP contribution in [0.2, 0.25) is 0 Å². The summed E-state index contributed by atoms with van der Waals surface area (Å²) in [6.45, 7) is 18.1. The minimum absolute atomic E-state index is 0.0113. The molecule has 156 valence electrons. The summed E-state index contributed by atoms with van der Waals surface area (Å²) in [5.74, 6) is 0.00155. The van der Waals surface area contributed by atoms with Gasteiger partial charge in [0.15, 0.2) is 0 Å². The number of pyridine rings is 1. The van der Waals surface area contributed by atoms with Crippen molar-refractivity contribution >= 4 is 29.2 Å². The van der Waals surface area contributed by atoms with E-state index in [1.165, 1.54) is 0 Å². The number of amides is 1. The number of benzene rings is 1. The summed E-state index contributed by atoms with van der Waals surface area (Å²) < 4.78 is 0. The van der Waals surface area contributed by atoms with Gasteiger partial charge in [0.1, 0.15) is 22.2 Å². The zero-order valence-electron chi connectivity index (χ0n) is 17.2. The number of rotatable bonds is 6. The van der Waals surface area contributed by atoms with E-state index in [1.807, 2.05) is 42.2 Å². The zero-order chi connectivity index (χ0) is 22.4. The molecule has 1 aliphatic rings. The highest BCUT2D eigenvalue weighted by atomic mass is 32.2. The molecular formula is C23H22N6OS. The average molecular weight is 431 g/mol. The van der Waals surface area contributed by atoms with Crippen LogP contribution in [-0.4, -0.2) is 30.0 Å².